The van der Waals surface area contributed by atoms with Crippen LogP contribution in [0, 0.1) is 0 Å². The number of hydrogen-bond acceptors (Lipinski definition) is 3. The molecule has 0 fully saturated rings. The molecule has 19 heavy (non-hydrogen) atoms. The SMILES string of the molecule is CCc1ccc(-c2ccnc(CCC(=O)O)n2)cc1. The number of rotatable bonds is 5. The van der Waals surface area contributed by atoms with Crippen molar-refractivity contribution in [3.63, 3.8) is 0 Å². The van der Waals surface area contributed by atoms with Gasteiger partial charge in [-0.05, 0) is 18.1 Å². The van der Waals surface area contributed by atoms with Crippen LogP contribution in [-0.4, -0.2) is 21.0 Å². The number of benzene rings is 1. The van der Waals surface area contributed by atoms with E-state index in [1.807, 2.05) is 18.2 Å². The van der Waals surface area contributed by atoms with Gasteiger partial charge in [0, 0.05) is 18.2 Å². The first-order chi connectivity index (χ1) is 9.19. The van der Waals surface area contributed by atoms with E-state index < -0.39 is 5.97 Å². The summed E-state index contributed by atoms with van der Waals surface area (Å²) < 4.78 is 0. The average molecular weight is 256 g/mol. The number of carbonyl (C=O) groups is 1. The molecule has 0 aliphatic carbocycles. The minimum Gasteiger partial charge on any atom is -0.481 e. The normalized spacial score (nSPS) is 10.4. The van der Waals surface area contributed by atoms with Gasteiger partial charge in [0.05, 0.1) is 12.1 Å². The van der Waals surface area contributed by atoms with Crippen LogP contribution in [0.5, 0.6) is 0 Å². The number of nitrogens with zero attached hydrogens (tertiary/aromatic N) is 2. The summed E-state index contributed by atoms with van der Waals surface area (Å²) in [4.78, 5) is 19.0. The van der Waals surface area contributed by atoms with Gasteiger partial charge in [-0.25, -0.2) is 9.97 Å². The lowest BCUT2D eigenvalue weighted by molar-refractivity contribution is -0.137. The van der Waals surface area contributed by atoms with Crippen LogP contribution >= 0.6 is 0 Å². The molecule has 0 bridgehead atoms. The highest BCUT2D eigenvalue weighted by Crippen LogP contribution is 2.17. The molecule has 0 atom stereocenters. The highest BCUT2D eigenvalue weighted by Gasteiger charge is 2.04. The van der Waals surface area contributed by atoms with Gasteiger partial charge in [-0.3, -0.25) is 4.79 Å². The third kappa shape index (κ3) is 3.61. The fourth-order valence-electron chi connectivity index (χ4n) is 1.81. The number of aryl methyl sites for hydroxylation is 2. The molecule has 0 saturated carbocycles. The van der Waals surface area contributed by atoms with Gasteiger partial charge >= 0.3 is 5.97 Å². The first-order valence-electron chi connectivity index (χ1n) is 6.32. The highest BCUT2D eigenvalue weighted by molar-refractivity contribution is 5.67. The molecule has 0 radical (unpaired) electrons. The number of carboxylic acid groups (broad SMARTS) is 1. The first kappa shape index (κ1) is 13.2. The summed E-state index contributed by atoms with van der Waals surface area (Å²) in [5.41, 5.74) is 3.14. The fourth-order valence-corrected chi connectivity index (χ4v) is 1.81. The molecule has 2 aromatic rings. The molecule has 98 valence electrons. The third-order valence-corrected chi connectivity index (χ3v) is 2.93. The summed E-state index contributed by atoms with van der Waals surface area (Å²) in [6.07, 6.45) is 3.09. The Balaban J connectivity index is 2.19. The Kier molecular flexibility index (Phi) is 4.23. The van der Waals surface area contributed by atoms with Gasteiger partial charge in [-0.1, -0.05) is 31.2 Å². The summed E-state index contributed by atoms with van der Waals surface area (Å²) in [5, 5.41) is 8.66. The second-order valence-corrected chi connectivity index (χ2v) is 4.30. The number of aliphatic carboxylic acids is 1. The number of carboxylic acids is 1. The van der Waals surface area contributed by atoms with E-state index in [4.69, 9.17) is 5.11 Å². The predicted molar refractivity (Wildman–Crippen MR) is 72.8 cm³/mol. The minimum atomic E-state index is -0.832. The van der Waals surface area contributed by atoms with Crippen molar-refractivity contribution >= 4 is 5.97 Å². The van der Waals surface area contributed by atoms with Crippen molar-refractivity contribution < 1.29 is 9.90 Å². The van der Waals surface area contributed by atoms with Crippen molar-refractivity contribution in [3.8, 4) is 11.3 Å². The molecule has 1 N–H and O–H groups in total. The monoisotopic (exact) mass is 256 g/mol. The molecule has 0 spiro atoms. The smallest absolute Gasteiger partial charge is 0.303 e. The van der Waals surface area contributed by atoms with E-state index >= 15 is 0 Å². The Bertz CT molecular complexity index is 565. The van der Waals surface area contributed by atoms with Crippen molar-refractivity contribution in [2.24, 2.45) is 0 Å². The molecule has 0 amide bonds. The zero-order chi connectivity index (χ0) is 13.7. The number of aromatic nitrogens is 2. The van der Waals surface area contributed by atoms with Crippen molar-refractivity contribution in [2.75, 3.05) is 0 Å². The molecular formula is C15H16N2O2. The predicted octanol–water partition coefficient (Wildman–Crippen LogP) is 2.72. The zero-order valence-electron chi connectivity index (χ0n) is 10.8. The van der Waals surface area contributed by atoms with Crippen LogP contribution < -0.4 is 0 Å². The molecule has 2 rings (SSSR count). The van der Waals surface area contributed by atoms with Crippen molar-refractivity contribution in [3.05, 3.63) is 47.9 Å². The van der Waals surface area contributed by atoms with E-state index in [1.165, 1.54) is 5.56 Å². The lowest BCUT2D eigenvalue weighted by atomic mass is 10.1. The van der Waals surface area contributed by atoms with Crippen LogP contribution in [0.25, 0.3) is 11.3 Å². The maximum atomic E-state index is 10.5. The van der Waals surface area contributed by atoms with Crippen LogP contribution in [0.4, 0.5) is 0 Å². The second-order valence-electron chi connectivity index (χ2n) is 4.30. The summed E-state index contributed by atoms with van der Waals surface area (Å²) in [7, 11) is 0. The Hall–Kier alpha value is -2.23. The maximum Gasteiger partial charge on any atom is 0.303 e. The summed E-state index contributed by atoms with van der Waals surface area (Å²) >= 11 is 0. The van der Waals surface area contributed by atoms with Gasteiger partial charge in [0.1, 0.15) is 5.82 Å². The molecule has 0 saturated heterocycles. The summed E-state index contributed by atoms with van der Waals surface area (Å²) in [6.45, 7) is 2.11. The molecule has 0 unspecified atom stereocenters. The summed E-state index contributed by atoms with van der Waals surface area (Å²) in [5.74, 6) is -0.263. The van der Waals surface area contributed by atoms with E-state index in [0.29, 0.717) is 12.2 Å². The average Bonchev–Trinajstić information content (AvgIpc) is 2.45. The maximum absolute atomic E-state index is 10.5. The highest BCUT2D eigenvalue weighted by atomic mass is 16.4. The van der Waals surface area contributed by atoms with Gasteiger partial charge < -0.3 is 5.11 Å². The van der Waals surface area contributed by atoms with Gasteiger partial charge in [-0.15, -0.1) is 0 Å². The molecule has 4 heteroatoms. The topological polar surface area (TPSA) is 63.1 Å². The van der Waals surface area contributed by atoms with Gasteiger partial charge in [0.25, 0.3) is 0 Å². The van der Waals surface area contributed by atoms with Gasteiger partial charge in [-0.2, -0.15) is 0 Å². The van der Waals surface area contributed by atoms with Crippen LogP contribution in [0.15, 0.2) is 36.5 Å². The van der Waals surface area contributed by atoms with Crippen LogP contribution in [0.2, 0.25) is 0 Å². The third-order valence-electron chi connectivity index (χ3n) is 2.93. The van der Waals surface area contributed by atoms with Gasteiger partial charge in [0.2, 0.25) is 0 Å². The van der Waals surface area contributed by atoms with E-state index in [0.717, 1.165) is 17.7 Å². The fraction of sp³-hybridized carbons (Fsp3) is 0.267. The molecule has 0 aliphatic rings. The van der Waals surface area contributed by atoms with Crippen molar-refractivity contribution in [1.82, 2.24) is 9.97 Å². The largest absolute Gasteiger partial charge is 0.481 e. The van der Waals surface area contributed by atoms with E-state index in [9.17, 15) is 4.79 Å². The van der Waals surface area contributed by atoms with E-state index in [2.05, 4.69) is 29.0 Å². The van der Waals surface area contributed by atoms with Crippen molar-refractivity contribution in [2.45, 2.75) is 26.2 Å². The Morgan fingerprint density at radius 2 is 1.95 bits per heavy atom. The van der Waals surface area contributed by atoms with E-state index in [-0.39, 0.29) is 6.42 Å². The minimum absolute atomic E-state index is 0.0538. The number of hydrogen-bond donors (Lipinski definition) is 1. The first-order valence-corrected chi connectivity index (χ1v) is 6.32. The molecule has 4 nitrogen and oxygen atoms in total. The molecule has 1 heterocycles. The Labute approximate surface area is 112 Å². The van der Waals surface area contributed by atoms with E-state index in [1.54, 1.807) is 6.20 Å². The Morgan fingerprint density at radius 3 is 2.58 bits per heavy atom. The standard InChI is InChI=1S/C15H16N2O2/c1-2-11-3-5-12(6-4-11)13-9-10-16-14(17-13)7-8-15(18)19/h3-6,9-10H,2,7-8H2,1H3,(H,18,19). The van der Waals surface area contributed by atoms with Crippen LogP contribution in [0.3, 0.4) is 0 Å². The zero-order valence-corrected chi connectivity index (χ0v) is 10.8. The molecular weight excluding hydrogens is 240 g/mol. The molecule has 1 aromatic carbocycles. The van der Waals surface area contributed by atoms with Crippen molar-refractivity contribution in [1.29, 1.82) is 0 Å². The quantitative estimate of drug-likeness (QED) is 0.893. The summed E-state index contributed by atoms with van der Waals surface area (Å²) in [6, 6.07) is 10.1. The lowest BCUT2D eigenvalue weighted by Crippen LogP contribution is -2.02. The second kappa shape index (κ2) is 6.09. The van der Waals surface area contributed by atoms with Crippen LogP contribution in [-0.2, 0) is 17.6 Å². The molecule has 0 aliphatic heterocycles. The lowest BCUT2D eigenvalue weighted by Gasteiger charge is -2.04. The molecule has 1 aromatic heterocycles. The van der Waals surface area contributed by atoms with Crippen LogP contribution in [0.1, 0.15) is 24.7 Å². The van der Waals surface area contributed by atoms with Gasteiger partial charge in [0.15, 0.2) is 0 Å². The Morgan fingerprint density at radius 1 is 1.21 bits per heavy atom.